The van der Waals surface area contributed by atoms with Crippen LogP contribution < -0.4 is 10.5 Å². The lowest BCUT2D eigenvalue weighted by Gasteiger charge is -2.25. The molecule has 2 unspecified atom stereocenters. The summed E-state index contributed by atoms with van der Waals surface area (Å²) in [4.78, 5) is 5.95. The van der Waals surface area contributed by atoms with Crippen LogP contribution in [0, 0.1) is 11.8 Å². The van der Waals surface area contributed by atoms with Gasteiger partial charge < -0.3 is 10.5 Å². The Morgan fingerprint density at radius 2 is 1.75 bits per heavy atom. The van der Waals surface area contributed by atoms with Gasteiger partial charge in [0.1, 0.15) is 12.3 Å². The van der Waals surface area contributed by atoms with Gasteiger partial charge >= 0.3 is 6.61 Å². The molecule has 0 amide bonds. The van der Waals surface area contributed by atoms with Crippen LogP contribution >= 0.6 is 0 Å². The third kappa shape index (κ3) is 3.72. The fourth-order valence-electron chi connectivity index (χ4n) is 5.60. The van der Waals surface area contributed by atoms with Gasteiger partial charge in [0.25, 0.3) is 0 Å². The smallest absolute Gasteiger partial charge is 0.387 e. The summed E-state index contributed by atoms with van der Waals surface area (Å²) in [6.07, 6.45) is 0.620. The summed E-state index contributed by atoms with van der Waals surface area (Å²) >= 11 is 0. The van der Waals surface area contributed by atoms with Gasteiger partial charge in [-0.15, -0.1) is 0 Å². The maximum absolute atomic E-state index is 13.6. The van der Waals surface area contributed by atoms with Crippen molar-refractivity contribution in [3.05, 3.63) is 24.0 Å². The highest BCUT2D eigenvalue weighted by atomic mass is 19.3. The maximum atomic E-state index is 13.6. The van der Waals surface area contributed by atoms with Gasteiger partial charge in [0.2, 0.25) is 0 Å². The average Bonchev–Trinajstić information content (AvgIpc) is 3.13. The Balaban J connectivity index is 1.35. The van der Waals surface area contributed by atoms with E-state index in [0.29, 0.717) is 29.0 Å². The Bertz CT molecular complexity index is 977. The number of alkyl halides is 4. The average molecular weight is 453 g/mol. The van der Waals surface area contributed by atoms with E-state index in [0.717, 1.165) is 18.5 Å². The van der Waals surface area contributed by atoms with Gasteiger partial charge in [0.15, 0.2) is 11.6 Å². The molecule has 1 aliphatic heterocycles. The highest BCUT2D eigenvalue weighted by molar-refractivity contribution is 5.64. The fourth-order valence-corrected chi connectivity index (χ4v) is 5.60. The number of likely N-dealkylation sites (tertiary alicyclic amines) is 1. The van der Waals surface area contributed by atoms with Crippen LogP contribution in [0.15, 0.2) is 18.3 Å². The first-order valence-electron chi connectivity index (χ1n) is 11.0. The van der Waals surface area contributed by atoms with Crippen molar-refractivity contribution in [3.8, 4) is 17.0 Å². The van der Waals surface area contributed by atoms with Crippen LogP contribution in [0.1, 0.15) is 44.3 Å². The number of halogens is 4. The number of nitrogens with two attached hydrogens (primary N) is 1. The first-order valence-corrected chi connectivity index (χ1v) is 11.0. The first kappa shape index (κ1) is 21.5. The third-order valence-electron chi connectivity index (χ3n) is 7.14. The van der Waals surface area contributed by atoms with Crippen molar-refractivity contribution in [1.29, 1.82) is 0 Å². The van der Waals surface area contributed by atoms with E-state index in [1.165, 1.54) is 12.3 Å². The molecule has 2 saturated carbocycles. The topological polar surface area (TPSA) is 69.2 Å². The number of hydrogen-bond acceptors (Lipinski definition) is 5. The molecular weight excluding hydrogens is 426 g/mol. The third-order valence-corrected chi connectivity index (χ3v) is 7.14. The van der Waals surface area contributed by atoms with Gasteiger partial charge in [-0.3, -0.25) is 9.58 Å². The Kier molecular flexibility index (Phi) is 5.30. The second-order valence-corrected chi connectivity index (χ2v) is 9.44. The fraction of sp³-hybridized carbons (Fsp3) is 0.636. The van der Waals surface area contributed by atoms with Crippen molar-refractivity contribution in [2.24, 2.45) is 11.8 Å². The van der Waals surface area contributed by atoms with Gasteiger partial charge in [-0.1, -0.05) is 0 Å². The predicted molar refractivity (Wildman–Crippen MR) is 111 cm³/mol. The molecule has 3 aliphatic rings. The SMILES string of the molecule is CC(C)n1nc(-c2cnc(N)c(OC(F)F)c2)cc1C1[C@H]2CC(N3C[C@@H](F)[C@@H](F)C3)C[C@@H]12. The summed E-state index contributed by atoms with van der Waals surface area (Å²) in [5.74, 6) is 1.01. The van der Waals surface area contributed by atoms with Crippen LogP contribution in [0.3, 0.4) is 0 Å². The standard InChI is InChI=1S/C22H27F4N5O/c1-10(2)31-18(6-17(29-31)11-3-19(32-22(25)26)21(27)28-7-11)20-13-4-12(5-14(13)20)30-8-15(23)16(24)9-30/h3,6-7,10,12-16,20,22H,4-5,8-9H2,1-2H3,(H2,27,28)/t12?,13-,14+,15-,16+,20?. The second-order valence-electron chi connectivity index (χ2n) is 9.44. The minimum atomic E-state index is -2.99. The number of ether oxygens (including phenoxy) is 1. The highest BCUT2D eigenvalue weighted by Gasteiger charge is 2.59. The largest absolute Gasteiger partial charge is 0.431 e. The van der Waals surface area contributed by atoms with E-state index in [-0.39, 0.29) is 36.7 Å². The van der Waals surface area contributed by atoms with Crippen LogP contribution in [-0.2, 0) is 0 Å². The maximum Gasteiger partial charge on any atom is 0.387 e. The predicted octanol–water partition coefficient (Wildman–Crippen LogP) is 4.19. The van der Waals surface area contributed by atoms with Gasteiger partial charge in [0.05, 0.1) is 5.69 Å². The molecule has 0 bridgehead atoms. The molecule has 2 N–H and O–H groups in total. The molecule has 6 nitrogen and oxygen atoms in total. The quantitative estimate of drug-likeness (QED) is 0.665. The van der Waals surface area contributed by atoms with Gasteiger partial charge in [-0.05, 0) is 50.7 Å². The van der Waals surface area contributed by atoms with Crippen LogP contribution in [0.5, 0.6) is 5.75 Å². The van der Waals surface area contributed by atoms with E-state index in [4.69, 9.17) is 10.8 Å². The van der Waals surface area contributed by atoms with Gasteiger partial charge in [-0.25, -0.2) is 13.8 Å². The molecule has 0 aromatic carbocycles. The molecule has 1 saturated heterocycles. The van der Waals surface area contributed by atoms with E-state index in [1.807, 2.05) is 29.5 Å². The zero-order chi connectivity index (χ0) is 22.7. The highest BCUT2D eigenvalue weighted by Crippen LogP contribution is 2.64. The number of pyridine rings is 1. The summed E-state index contributed by atoms with van der Waals surface area (Å²) in [5.41, 5.74) is 7.94. The number of rotatable bonds is 6. The minimum absolute atomic E-state index is 0.103. The Morgan fingerprint density at radius 3 is 2.34 bits per heavy atom. The van der Waals surface area contributed by atoms with E-state index in [9.17, 15) is 17.6 Å². The molecule has 2 aliphatic carbocycles. The molecule has 3 heterocycles. The van der Waals surface area contributed by atoms with E-state index >= 15 is 0 Å². The van der Waals surface area contributed by atoms with Crippen LogP contribution in [-0.4, -0.2) is 57.8 Å². The van der Waals surface area contributed by atoms with Crippen LogP contribution in [0.2, 0.25) is 0 Å². The van der Waals surface area contributed by atoms with E-state index in [2.05, 4.69) is 9.72 Å². The van der Waals surface area contributed by atoms with E-state index in [1.54, 1.807) is 0 Å². The summed E-state index contributed by atoms with van der Waals surface area (Å²) < 4.78 is 59.0. The minimum Gasteiger partial charge on any atom is -0.431 e. The number of fused-ring (bicyclic) bond motifs is 1. The molecule has 6 atom stereocenters. The van der Waals surface area contributed by atoms with Crippen molar-refractivity contribution >= 4 is 5.82 Å². The van der Waals surface area contributed by atoms with Crippen molar-refractivity contribution in [3.63, 3.8) is 0 Å². The summed E-state index contributed by atoms with van der Waals surface area (Å²) in [6.45, 7) is 1.48. The number of hydrogen-bond donors (Lipinski definition) is 1. The van der Waals surface area contributed by atoms with Gasteiger partial charge in [-0.2, -0.15) is 13.9 Å². The lowest BCUT2D eigenvalue weighted by atomic mass is 10.0. The summed E-state index contributed by atoms with van der Waals surface area (Å²) in [6, 6.07) is 3.78. The molecular formula is C22H27F4N5O. The van der Waals surface area contributed by atoms with Crippen LogP contribution in [0.25, 0.3) is 11.3 Å². The Hall–Kier alpha value is -2.36. The Morgan fingerprint density at radius 1 is 1.09 bits per heavy atom. The molecule has 0 spiro atoms. The zero-order valence-electron chi connectivity index (χ0n) is 18.0. The number of nitrogens with zero attached hydrogens (tertiary/aromatic N) is 4. The normalized spacial score (nSPS) is 32.1. The summed E-state index contributed by atoms with van der Waals surface area (Å²) in [5, 5.41) is 4.72. The van der Waals surface area contributed by atoms with Crippen LogP contribution in [0.4, 0.5) is 23.4 Å². The molecule has 32 heavy (non-hydrogen) atoms. The molecule has 0 radical (unpaired) electrons. The zero-order valence-corrected chi connectivity index (χ0v) is 18.0. The number of anilines is 1. The summed E-state index contributed by atoms with van der Waals surface area (Å²) in [7, 11) is 0. The molecule has 10 heteroatoms. The lowest BCUT2D eigenvalue weighted by molar-refractivity contribution is -0.0494. The van der Waals surface area contributed by atoms with Gasteiger partial charge in [0, 0.05) is 48.5 Å². The monoisotopic (exact) mass is 453 g/mol. The van der Waals surface area contributed by atoms with Crippen molar-refractivity contribution < 1.29 is 22.3 Å². The van der Waals surface area contributed by atoms with Crippen molar-refractivity contribution in [2.45, 2.75) is 63.6 Å². The lowest BCUT2D eigenvalue weighted by Crippen LogP contribution is -2.33. The molecule has 174 valence electrons. The van der Waals surface area contributed by atoms with Crippen molar-refractivity contribution in [1.82, 2.24) is 19.7 Å². The molecule has 3 fully saturated rings. The molecule has 5 rings (SSSR count). The van der Waals surface area contributed by atoms with E-state index < -0.39 is 19.0 Å². The Labute approximate surface area is 183 Å². The molecule has 2 aromatic rings. The molecule has 2 aromatic heterocycles. The second kappa shape index (κ2) is 7.90. The van der Waals surface area contributed by atoms with Crippen molar-refractivity contribution in [2.75, 3.05) is 18.8 Å². The first-order chi connectivity index (χ1) is 15.2. The number of aromatic nitrogens is 3. The number of nitrogen functional groups attached to an aromatic ring is 1.